The third kappa shape index (κ3) is 2.97. The lowest BCUT2D eigenvalue weighted by atomic mass is 10.1. The van der Waals surface area contributed by atoms with Gasteiger partial charge in [-0.2, -0.15) is 5.10 Å². The van der Waals surface area contributed by atoms with Crippen molar-refractivity contribution in [3.63, 3.8) is 0 Å². The largest absolute Gasteiger partial charge is 0.292 e. The van der Waals surface area contributed by atoms with E-state index >= 15 is 0 Å². The van der Waals surface area contributed by atoms with Crippen molar-refractivity contribution < 1.29 is 0 Å². The van der Waals surface area contributed by atoms with Gasteiger partial charge < -0.3 is 0 Å². The molecular weight excluding hydrogens is 266 g/mol. The maximum absolute atomic E-state index is 4.57. The number of tetrazole rings is 1. The molecule has 1 saturated heterocycles. The van der Waals surface area contributed by atoms with E-state index in [1.54, 1.807) is 0 Å². The highest BCUT2D eigenvalue weighted by atomic mass is 15.5. The average molecular weight is 289 g/mol. The summed E-state index contributed by atoms with van der Waals surface area (Å²) >= 11 is 0. The SMILES string of the molecule is CCCCn1nnnc1CN1CC(n2nc(C)cc2C)C1. The van der Waals surface area contributed by atoms with E-state index < -0.39 is 0 Å². The molecule has 0 saturated carbocycles. The van der Waals surface area contributed by atoms with Crippen LogP contribution in [0.1, 0.15) is 43.0 Å². The topological polar surface area (TPSA) is 64.7 Å². The van der Waals surface area contributed by atoms with Crippen LogP contribution in [0.3, 0.4) is 0 Å². The Kier molecular flexibility index (Phi) is 4.01. The summed E-state index contributed by atoms with van der Waals surface area (Å²) in [6.45, 7) is 10.1. The molecule has 3 rings (SSSR count). The van der Waals surface area contributed by atoms with Crippen LogP contribution in [0, 0.1) is 13.8 Å². The summed E-state index contributed by atoms with van der Waals surface area (Å²) in [5.41, 5.74) is 2.33. The van der Waals surface area contributed by atoms with Crippen LogP contribution in [0.25, 0.3) is 0 Å². The van der Waals surface area contributed by atoms with Crippen LogP contribution in [-0.2, 0) is 13.1 Å². The van der Waals surface area contributed by atoms with Crippen molar-refractivity contribution in [2.45, 2.75) is 52.7 Å². The minimum Gasteiger partial charge on any atom is -0.292 e. The normalized spacial score (nSPS) is 16.3. The van der Waals surface area contributed by atoms with Crippen molar-refractivity contribution in [3.05, 3.63) is 23.3 Å². The van der Waals surface area contributed by atoms with Crippen molar-refractivity contribution in [2.75, 3.05) is 13.1 Å². The number of aromatic nitrogens is 6. The molecule has 0 amide bonds. The first-order valence-electron chi connectivity index (χ1n) is 7.67. The molecule has 0 unspecified atom stereocenters. The van der Waals surface area contributed by atoms with Gasteiger partial charge in [0.25, 0.3) is 0 Å². The summed E-state index contributed by atoms with van der Waals surface area (Å²) in [6, 6.07) is 2.62. The summed E-state index contributed by atoms with van der Waals surface area (Å²) in [5.74, 6) is 0.968. The minimum absolute atomic E-state index is 0.485. The quantitative estimate of drug-likeness (QED) is 0.803. The maximum Gasteiger partial charge on any atom is 0.165 e. The number of hydrogen-bond acceptors (Lipinski definition) is 5. The Hall–Kier alpha value is -1.76. The number of aryl methyl sites for hydroxylation is 3. The van der Waals surface area contributed by atoms with Gasteiger partial charge in [-0.1, -0.05) is 13.3 Å². The summed E-state index contributed by atoms with van der Waals surface area (Å²) in [5, 5.41) is 16.6. The molecule has 0 atom stereocenters. The predicted molar refractivity (Wildman–Crippen MR) is 78.7 cm³/mol. The first kappa shape index (κ1) is 14.2. The Labute approximate surface area is 124 Å². The van der Waals surface area contributed by atoms with Crippen molar-refractivity contribution in [3.8, 4) is 0 Å². The summed E-state index contributed by atoms with van der Waals surface area (Å²) in [7, 11) is 0. The second-order valence-corrected chi connectivity index (χ2v) is 5.89. The number of likely N-dealkylation sites (tertiary alicyclic amines) is 1. The molecule has 1 fully saturated rings. The fourth-order valence-electron chi connectivity index (χ4n) is 2.86. The summed E-state index contributed by atoms with van der Waals surface area (Å²) in [4.78, 5) is 2.37. The highest BCUT2D eigenvalue weighted by Gasteiger charge is 2.30. The Morgan fingerprint density at radius 3 is 2.76 bits per heavy atom. The second-order valence-electron chi connectivity index (χ2n) is 5.89. The minimum atomic E-state index is 0.485. The van der Waals surface area contributed by atoms with Crippen molar-refractivity contribution in [1.82, 2.24) is 34.9 Å². The molecule has 1 aliphatic heterocycles. The lowest BCUT2D eigenvalue weighted by Crippen LogP contribution is -2.48. The molecule has 114 valence electrons. The molecule has 2 aromatic rings. The van der Waals surface area contributed by atoms with E-state index in [0.717, 1.165) is 50.5 Å². The molecule has 0 radical (unpaired) electrons. The maximum atomic E-state index is 4.57. The van der Waals surface area contributed by atoms with Gasteiger partial charge in [-0.25, -0.2) is 4.68 Å². The van der Waals surface area contributed by atoms with Gasteiger partial charge in [-0.3, -0.25) is 9.58 Å². The molecule has 0 N–H and O–H groups in total. The molecule has 7 nitrogen and oxygen atoms in total. The first-order valence-corrected chi connectivity index (χ1v) is 7.67. The molecule has 3 heterocycles. The van der Waals surface area contributed by atoms with Gasteiger partial charge in [0.2, 0.25) is 0 Å². The Bertz CT molecular complexity index is 594. The number of hydrogen-bond donors (Lipinski definition) is 0. The smallest absolute Gasteiger partial charge is 0.165 e. The zero-order valence-corrected chi connectivity index (χ0v) is 13.0. The molecule has 0 aromatic carbocycles. The van der Waals surface area contributed by atoms with E-state index in [2.05, 4.69) is 50.1 Å². The molecule has 0 bridgehead atoms. The van der Waals surface area contributed by atoms with E-state index in [1.807, 2.05) is 11.6 Å². The zero-order valence-electron chi connectivity index (χ0n) is 13.0. The predicted octanol–water partition coefficient (Wildman–Crippen LogP) is 1.34. The van der Waals surface area contributed by atoms with E-state index in [0.29, 0.717) is 6.04 Å². The van der Waals surface area contributed by atoms with Crippen molar-refractivity contribution >= 4 is 0 Å². The van der Waals surface area contributed by atoms with Crippen LogP contribution in [0.5, 0.6) is 0 Å². The number of nitrogens with zero attached hydrogens (tertiary/aromatic N) is 7. The van der Waals surface area contributed by atoms with Gasteiger partial charge >= 0.3 is 0 Å². The third-order valence-corrected chi connectivity index (χ3v) is 4.02. The van der Waals surface area contributed by atoms with Gasteiger partial charge in [-0.15, -0.1) is 5.10 Å². The standard InChI is InChI=1S/C14H23N7/c1-4-5-6-20-14(15-17-18-20)10-19-8-13(9-19)21-12(3)7-11(2)16-21/h7,13H,4-6,8-10H2,1-3H3. The highest BCUT2D eigenvalue weighted by molar-refractivity contribution is 5.09. The van der Waals surface area contributed by atoms with Crippen LogP contribution in [0.15, 0.2) is 6.07 Å². The van der Waals surface area contributed by atoms with Gasteiger partial charge in [-0.05, 0) is 36.8 Å². The van der Waals surface area contributed by atoms with Gasteiger partial charge in [0.1, 0.15) is 0 Å². The van der Waals surface area contributed by atoms with Crippen LogP contribution in [-0.4, -0.2) is 48.0 Å². The van der Waals surface area contributed by atoms with Crippen molar-refractivity contribution in [2.24, 2.45) is 0 Å². The molecule has 0 aliphatic carbocycles. The molecule has 1 aliphatic rings. The van der Waals surface area contributed by atoms with E-state index in [4.69, 9.17) is 0 Å². The fourth-order valence-corrected chi connectivity index (χ4v) is 2.86. The fraction of sp³-hybridized carbons (Fsp3) is 0.714. The molecule has 21 heavy (non-hydrogen) atoms. The monoisotopic (exact) mass is 289 g/mol. The molecule has 0 spiro atoms. The summed E-state index contributed by atoms with van der Waals surface area (Å²) < 4.78 is 4.08. The van der Waals surface area contributed by atoms with Crippen LogP contribution in [0.2, 0.25) is 0 Å². The lowest BCUT2D eigenvalue weighted by Gasteiger charge is -2.39. The molecule has 2 aromatic heterocycles. The molecule has 7 heteroatoms. The first-order chi connectivity index (χ1) is 10.2. The average Bonchev–Trinajstić information content (AvgIpc) is 2.97. The van der Waals surface area contributed by atoms with E-state index in [1.165, 1.54) is 5.69 Å². The Morgan fingerprint density at radius 2 is 2.10 bits per heavy atom. The van der Waals surface area contributed by atoms with E-state index in [-0.39, 0.29) is 0 Å². The number of rotatable bonds is 6. The molecular formula is C14H23N7. The van der Waals surface area contributed by atoms with Gasteiger partial charge in [0, 0.05) is 25.3 Å². The second kappa shape index (κ2) is 5.93. The van der Waals surface area contributed by atoms with Crippen LogP contribution >= 0.6 is 0 Å². The lowest BCUT2D eigenvalue weighted by molar-refractivity contribution is 0.0848. The Morgan fingerprint density at radius 1 is 1.29 bits per heavy atom. The highest BCUT2D eigenvalue weighted by Crippen LogP contribution is 2.23. The van der Waals surface area contributed by atoms with Crippen LogP contribution < -0.4 is 0 Å². The summed E-state index contributed by atoms with van der Waals surface area (Å²) in [6.07, 6.45) is 2.27. The van der Waals surface area contributed by atoms with E-state index in [9.17, 15) is 0 Å². The Balaban J connectivity index is 1.55. The van der Waals surface area contributed by atoms with Gasteiger partial charge in [0.05, 0.1) is 18.3 Å². The van der Waals surface area contributed by atoms with Gasteiger partial charge in [0.15, 0.2) is 5.82 Å². The number of unbranched alkanes of at least 4 members (excludes halogenated alkanes) is 1. The van der Waals surface area contributed by atoms with Crippen LogP contribution in [0.4, 0.5) is 0 Å². The van der Waals surface area contributed by atoms with Crippen molar-refractivity contribution in [1.29, 1.82) is 0 Å². The zero-order chi connectivity index (χ0) is 14.8. The third-order valence-electron chi connectivity index (χ3n) is 4.02.